The minimum absolute atomic E-state index is 0.0198. The van der Waals surface area contributed by atoms with Crippen molar-refractivity contribution in [3.05, 3.63) is 42.4 Å². The summed E-state index contributed by atoms with van der Waals surface area (Å²) in [5.41, 5.74) is 1.34. The third-order valence-electron chi connectivity index (χ3n) is 6.42. The first-order valence-corrected chi connectivity index (χ1v) is 11.9. The number of carbonyl (C=O) groups excluding carboxylic acids is 1. The summed E-state index contributed by atoms with van der Waals surface area (Å²) >= 11 is 0. The molecule has 2 aliphatic rings. The summed E-state index contributed by atoms with van der Waals surface area (Å²) in [6.07, 6.45) is 4.13. The predicted molar refractivity (Wildman–Crippen MR) is 130 cm³/mol. The number of hydrogen-bond donors (Lipinski definition) is 0. The van der Waals surface area contributed by atoms with Crippen LogP contribution in [-0.4, -0.2) is 69.9 Å². The molecule has 2 fully saturated rings. The molecule has 4 heterocycles. The number of carbonyl (C=O) groups is 1. The molecule has 8 nitrogen and oxygen atoms in total. The van der Waals surface area contributed by atoms with Gasteiger partial charge in [-0.3, -0.25) is 4.57 Å². The van der Waals surface area contributed by atoms with Crippen LogP contribution >= 0.6 is 0 Å². The van der Waals surface area contributed by atoms with Crippen molar-refractivity contribution in [2.24, 2.45) is 0 Å². The summed E-state index contributed by atoms with van der Waals surface area (Å²) in [7, 11) is 0. The van der Waals surface area contributed by atoms with Gasteiger partial charge in [0, 0.05) is 51.0 Å². The molecule has 1 aromatic carbocycles. The zero-order valence-electron chi connectivity index (χ0n) is 20.5. The second kappa shape index (κ2) is 8.66. The Morgan fingerprint density at radius 2 is 1.77 bits per heavy atom. The van der Waals surface area contributed by atoms with Gasteiger partial charge in [0.15, 0.2) is 5.65 Å². The Balaban J connectivity index is 1.53. The zero-order valence-corrected chi connectivity index (χ0v) is 20.5. The molecular weight excluding hydrogens is 454 g/mol. The largest absolute Gasteiger partial charge is 0.444 e. The molecule has 0 aliphatic carbocycles. The van der Waals surface area contributed by atoms with Gasteiger partial charge in [-0.25, -0.2) is 23.5 Å². The number of ether oxygens (including phenoxy) is 1. The summed E-state index contributed by atoms with van der Waals surface area (Å²) in [6, 6.07) is 3.44. The second-order valence-corrected chi connectivity index (χ2v) is 10.2. The standard InChI is InChI=1S/C25H30F2N6O2/c1-16-13-31(24(34)35-25(2,3)4)8-9-32(16)22-21-20(30-6-5-7-30)14-33(23(21)29-15-28-22)19-11-17(26)10-18(27)12-19/h10-12,14-16H,5-9,13H2,1-4H3/t16-/m0/s1. The van der Waals surface area contributed by atoms with Gasteiger partial charge >= 0.3 is 6.09 Å². The fourth-order valence-electron chi connectivity index (χ4n) is 4.68. The van der Waals surface area contributed by atoms with Crippen molar-refractivity contribution in [3.63, 3.8) is 0 Å². The lowest BCUT2D eigenvalue weighted by molar-refractivity contribution is 0.0218. The van der Waals surface area contributed by atoms with Crippen molar-refractivity contribution >= 4 is 28.6 Å². The van der Waals surface area contributed by atoms with Crippen molar-refractivity contribution < 1.29 is 18.3 Å². The summed E-state index contributed by atoms with van der Waals surface area (Å²) < 4.78 is 35.3. The molecule has 1 atom stereocenters. The maximum Gasteiger partial charge on any atom is 0.410 e. The van der Waals surface area contributed by atoms with Crippen LogP contribution in [0.2, 0.25) is 0 Å². The van der Waals surface area contributed by atoms with Crippen LogP contribution in [0, 0.1) is 11.6 Å². The number of amides is 1. The highest BCUT2D eigenvalue weighted by molar-refractivity contribution is 6.01. The number of fused-ring (bicyclic) bond motifs is 1. The van der Waals surface area contributed by atoms with Gasteiger partial charge in [-0.15, -0.1) is 0 Å². The molecule has 35 heavy (non-hydrogen) atoms. The molecule has 5 rings (SSSR count). The van der Waals surface area contributed by atoms with Crippen molar-refractivity contribution in [2.75, 3.05) is 42.5 Å². The highest BCUT2D eigenvalue weighted by atomic mass is 19.1. The summed E-state index contributed by atoms with van der Waals surface area (Å²) in [5.74, 6) is -0.536. The quantitative estimate of drug-likeness (QED) is 0.551. The Bertz CT molecular complexity index is 1250. The highest BCUT2D eigenvalue weighted by Crippen LogP contribution is 2.39. The maximum absolute atomic E-state index is 14.0. The van der Waals surface area contributed by atoms with E-state index >= 15 is 0 Å². The summed E-state index contributed by atoms with van der Waals surface area (Å²) in [5, 5.41) is 0.842. The summed E-state index contributed by atoms with van der Waals surface area (Å²) in [4.78, 5) is 27.9. The number of rotatable bonds is 3. The number of nitrogens with zero attached hydrogens (tertiary/aromatic N) is 6. The van der Waals surface area contributed by atoms with Crippen LogP contribution in [0.15, 0.2) is 30.7 Å². The fraction of sp³-hybridized carbons (Fsp3) is 0.480. The van der Waals surface area contributed by atoms with Crippen molar-refractivity contribution in [1.82, 2.24) is 19.4 Å². The van der Waals surface area contributed by atoms with Crippen LogP contribution < -0.4 is 9.80 Å². The average molecular weight is 485 g/mol. The lowest BCUT2D eigenvalue weighted by Crippen LogP contribution is -2.55. The first kappa shape index (κ1) is 23.3. The van der Waals surface area contributed by atoms with Gasteiger partial charge in [-0.05, 0) is 46.2 Å². The monoisotopic (exact) mass is 484 g/mol. The van der Waals surface area contributed by atoms with E-state index in [-0.39, 0.29) is 12.1 Å². The van der Waals surface area contributed by atoms with Crippen molar-refractivity contribution in [2.45, 2.75) is 45.8 Å². The molecule has 0 bridgehead atoms. The van der Waals surface area contributed by atoms with E-state index in [0.717, 1.165) is 42.5 Å². The Kier molecular flexibility index (Phi) is 5.77. The Morgan fingerprint density at radius 1 is 1.06 bits per heavy atom. The van der Waals surface area contributed by atoms with E-state index in [4.69, 9.17) is 4.74 Å². The van der Waals surface area contributed by atoms with E-state index in [1.165, 1.54) is 18.5 Å². The molecule has 0 N–H and O–H groups in total. The first-order valence-electron chi connectivity index (χ1n) is 11.9. The van der Waals surface area contributed by atoms with Crippen LogP contribution in [0.25, 0.3) is 16.7 Å². The SMILES string of the molecule is C[C@H]1CN(C(=O)OC(C)(C)C)CCN1c1ncnc2c1c(N1CCC1)cn2-c1cc(F)cc(F)c1. The third-order valence-corrected chi connectivity index (χ3v) is 6.42. The lowest BCUT2D eigenvalue weighted by Gasteiger charge is -2.41. The van der Waals surface area contributed by atoms with Crippen LogP contribution in [0.4, 0.5) is 25.1 Å². The molecule has 186 valence electrons. The van der Waals surface area contributed by atoms with E-state index in [9.17, 15) is 13.6 Å². The van der Waals surface area contributed by atoms with E-state index in [1.54, 1.807) is 9.47 Å². The van der Waals surface area contributed by atoms with E-state index in [1.807, 2.05) is 33.9 Å². The normalized spacial score (nSPS) is 18.7. The van der Waals surface area contributed by atoms with E-state index in [2.05, 4.69) is 19.8 Å². The molecule has 2 aliphatic heterocycles. The fourth-order valence-corrected chi connectivity index (χ4v) is 4.68. The van der Waals surface area contributed by atoms with Crippen molar-refractivity contribution in [3.8, 4) is 5.69 Å². The Hall–Kier alpha value is -3.43. The lowest BCUT2D eigenvalue weighted by atomic mass is 10.1. The number of piperazine rings is 1. The number of hydrogen-bond acceptors (Lipinski definition) is 6. The molecular formula is C25H30F2N6O2. The molecule has 2 saturated heterocycles. The molecule has 10 heteroatoms. The molecule has 3 aromatic rings. The third kappa shape index (κ3) is 4.49. The minimum Gasteiger partial charge on any atom is -0.444 e. The Morgan fingerprint density at radius 3 is 2.37 bits per heavy atom. The van der Waals surface area contributed by atoms with Gasteiger partial charge in [0.1, 0.15) is 29.4 Å². The molecule has 2 aromatic heterocycles. The minimum atomic E-state index is -0.645. The zero-order chi connectivity index (χ0) is 24.9. The van der Waals surface area contributed by atoms with Gasteiger partial charge < -0.3 is 19.4 Å². The van der Waals surface area contributed by atoms with Gasteiger partial charge in [-0.1, -0.05) is 0 Å². The van der Waals surface area contributed by atoms with E-state index in [0.29, 0.717) is 31.0 Å². The van der Waals surface area contributed by atoms with Gasteiger partial charge in [0.25, 0.3) is 0 Å². The maximum atomic E-state index is 14.0. The smallest absolute Gasteiger partial charge is 0.410 e. The number of benzene rings is 1. The number of aromatic nitrogens is 3. The van der Waals surface area contributed by atoms with E-state index < -0.39 is 17.2 Å². The Labute approximate surface area is 203 Å². The molecule has 0 spiro atoms. The number of anilines is 2. The van der Waals surface area contributed by atoms with Gasteiger partial charge in [-0.2, -0.15) is 0 Å². The second-order valence-electron chi connectivity index (χ2n) is 10.2. The average Bonchev–Trinajstić information content (AvgIpc) is 3.10. The summed E-state index contributed by atoms with van der Waals surface area (Å²) in [6.45, 7) is 11.0. The predicted octanol–water partition coefficient (Wildman–Crippen LogP) is 4.35. The highest BCUT2D eigenvalue weighted by Gasteiger charge is 2.33. The van der Waals surface area contributed by atoms with Gasteiger partial charge in [0.2, 0.25) is 0 Å². The topological polar surface area (TPSA) is 66.7 Å². The van der Waals surface area contributed by atoms with Crippen molar-refractivity contribution in [1.29, 1.82) is 0 Å². The van der Waals surface area contributed by atoms with Crippen LogP contribution in [0.3, 0.4) is 0 Å². The van der Waals surface area contributed by atoms with Gasteiger partial charge in [0.05, 0.1) is 16.8 Å². The molecule has 0 radical (unpaired) electrons. The van der Waals surface area contributed by atoms with Crippen LogP contribution in [-0.2, 0) is 4.74 Å². The molecule has 0 unspecified atom stereocenters. The number of halogens is 2. The molecule has 1 amide bonds. The van der Waals surface area contributed by atoms with Crippen LogP contribution in [0.1, 0.15) is 34.1 Å². The molecule has 0 saturated carbocycles. The first-order chi connectivity index (χ1) is 16.6. The van der Waals surface area contributed by atoms with Crippen LogP contribution in [0.5, 0.6) is 0 Å².